The lowest BCUT2D eigenvalue weighted by Crippen LogP contribution is -2.23. The zero-order valence-electron chi connectivity index (χ0n) is 17.7. The molecule has 0 saturated heterocycles. The van der Waals surface area contributed by atoms with Crippen molar-refractivity contribution < 1.29 is 9.72 Å². The number of nitrogens with zero attached hydrogens (tertiary/aromatic N) is 5. The van der Waals surface area contributed by atoms with Crippen LogP contribution in [0.3, 0.4) is 0 Å². The third kappa shape index (κ3) is 4.65. The van der Waals surface area contributed by atoms with Gasteiger partial charge in [-0.05, 0) is 42.1 Å². The number of fused-ring (bicyclic) bond motifs is 2. The molecule has 0 unspecified atom stereocenters. The number of pyridine rings is 1. The lowest BCUT2D eigenvalue weighted by atomic mass is 10.2. The zero-order valence-corrected chi connectivity index (χ0v) is 19.3. The Morgan fingerprint density at radius 3 is 2.77 bits per heavy atom. The minimum Gasteiger partial charge on any atom is -0.268 e. The predicted molar refractivity (Wildman–Crippen MR) is 133 cm³/mol. The van der Waals surface area contributed by atoms with Gasteiger partial charge in [0, 0.05) is 23.9 Å². The first kappa shape index (κ1) is 22.4. The van der Waals surface area contributed by atoms with Gasteiger partial charge in [0.25, 0.3) is 17.2 Å². The number of hydrazone groups is 1. The average molecular weight is 503 g/mol. The number of nitro groups is 1. The second-order valence-corrected chi connectivity index (χ2v) is 9.39. The molecule has 0 atom stereocenters. The Hall–Kier alpha value is -4.42. The number of carbonyl (C=O) groups is 1. The number of nitro benzene ring substituents is 1. The maximum absolute atomic E-state index is 13.2. The summed E-state index contributed by atoms with van der Waals surface area (Å²) in [7, 11) is 0. The molecule has 3 heterocycles. The van der Waals surface area contributed by atoms with Crippen molar-refractivity contribution in [3.8, 4) is 0 Å². The second kappa shape index (κ2) is 9.44. The Labute approximate surface area is 205 Å². The van der Waals surface area contributed by atoms with Gasteiger partial charge in [-0.25, -0.2) is 15.4 Å². The fourth-order valence-corrected chi connectivity index (χ4v) is 5.30. The molecule has 0 spiro atoms. The van der Waals surface area contributed by atoms with Crippen LogP contribution in [0, 0.1) is 10.1 Å². The molecule has 10 nitrogen and oxygen atoms in total. The fraction of sp³-hybridized carbons (Fsp3) is 0. The topological polar surface area (TPSA) is 132 Å². The normalized spacial score (nSPS) is 11.3. The monoisotopic (exact) mass is 502 g/mol. The van der Waals surface area contributed by atoms with E-state index in [2.05, 4.69) is 20.5 Å². The molecule has 0 aliphatic heterocycles. The van der Waals surface area contributed by atoms with Crippen LogP contribution in [0.4, 0.5) is 5.69 Å². The number of carbonyl (C=O) groups excluding carboxylic acids is 1. The van der Waals surface area contributed by atoms with Gasteiger partial charge in [-0.1, -0.05) is 24.3 Å². The highest BCUT2D eigenvalue weighted by Crippen LogP contribution is 2.34. The van der Waals surface area contributed by atoms with Gasteiger partial charge in [-0.2, -0.15) is 5.10 Å². The van der Waals surface area contributed by atoms with Gasteiger partial charge >= 0.3 is 0 Å². The largest absolute Gasteiger partial charge is 0.271 e. The first-order chi connectivity index (χ1) is 17.0. The summed E-state index contributed by atoms with van der Waals surface area (Å²) in [6.45, 7) is 0. The van der Waals surface area contributed by atoms with Crippen molar-refractivity contribution in [2.75, 3.05) is 0 Å². The molecule has 0 saturated carbocycles. The third-order valence-electron chi connectivity index (χ3n) is 4.87. The molecule has 5 aromatic rings. The van der Waals surface area contributed by atoms with E-state index in [0.717, 1.165) is 16.3 Å². The quantitative estimate of drug-likeness (QED) is 0.160. The third-order valence-corrected chi connectivity index (χ3v) is 6.97. The van der Waals surface area contributed by atoms with Crippen LogP contribution >= 0.6 is 23.1 Å². The summed E-state index contributed by atoms with van der Waals surface area (Å²) >= 11 is 2.71. The molecular weight excluding hydrogens is 488 g/mol. The van der Waals surface area contributed by atoms with E-state index in [9.17, 15) is 19.7 Å². The number of hydrogen-bond donors (Lipinski definition) is 1. The van der Waals surface area contributed by atoms with E-state index in [4.69, 9.17) is 0 Å². The van der Waals surface area contributed by atoms with Gasteiger partial charge in [-0.15, -0.1) is 11.3 Å². The molecule has 5 rings (SSSR count). The number of aromatic nitrogens is 3. The summed E-state index contributed by atoms with van der Waals surface area (Å²) in [5, 5.41) is 15.3. The number of hydrogen-bond acceptors (Lipinski definition) is 9. The van der Waals surface area contributed by atoms with Crippen LogP contribution in [0.5, 0.6) is 0 Å². The van der Waals surface area contributed by atoms with Crippen molar-refractivity contribution in [3.05, 3.63) is 105 Å². The first-order valence-electron chi connectivity index (χ1n) is 10.1. The second-order valence-electron chi connectivity index (χ2n) is 7.12. The maximum Gasteiger partial charge on any atom is 0.271 e. The lowest BCUT2D eigenvalue weighted by Gasteiger charge is -2.06. The van der Waals surface area contributed by atoms with Crippen LogP contribution in [0.15, 0.2) is 92.2 Å². The minimum absolute atomic E-state index is 0.0637. The minimum atomic E-state index is -0.654. The average Bonchev–Trinajstić information content (AvgIpc) is 3.28. The lowest BCUT2D eigenvalue weighted by molar-refractivity contribution is -0.384. The standard InChI is InChI=1S/C23H14N6O4S2/c30-20(14-6-5-7-15(12-14)29(32)33)27-24-13-16-21(26-19-10-3-4-11-28(19)22(16)31)35-23-25-17-8-1-2-9-18(17)34-23/h1-13H,(H,27,30). The number of rotatable bonds is 6. The van der Waals surface area contributed by atoms with Crippen molar-refractivity contribution >= 4 is 56.8 Å². The van der Waals surface area contributed by atoms with Crippen LogP contribution in [0.2, 0.25) is 0 Å². The molecular formula is C23H14N6O4S2. The fourth-order valence-electron chi connectivity index (χ4n) is 3.23. The summed E-state index contributed by atoms with van der Waals surface area (Å²) in [6, 6.07) is 18.2. The van der Waals surface area contributed by atoms with Crippen LogP contribution < -0.4 is 11.0 Å². The molecule has 0 aliphatic carbocycles. The predicted octanol–water partition coefficient (Wildman–Crippen LogP) is 4.13. The molecule has 12 heteroatoms. The number of amides is 1. The van der Waals surface area contributed by atoms with Crippen molar-refractivity contribution in [1.82, 2.24) is 19.8 Å². The Morgan fingerprint density at radius 2 is 1.94 bits per heavy atom. The van der Waals surface area contributed by atoms with E-state index in [1.807, 2.05) is 24.3 Å². The molecule has 0 radical (unpaired) electrons. The van der Waals surface area contributed by atoms with Crippen molar-refractivity contribution in [2.24, 2.45) is 5.10 Å². The summed E-state index contributed by atoms with van der Waals surface area (Å²) in [6.07, 6.45) is 2.81. The SMILES string of the molecule is O=C(NN=Cc1c(Sc2nc3ccccc3s2)nc2ccccn2c1=O)c1cccc([N+](=O)[O-])c1. The van der Waals surface area contributed by atoms with Crippen LogP contribution in [0.25, 0.3) is 15.9 Å². The van der Waals surface area contributed by atoms with E-state index in [0.29, 0.717) is 15.0 Å². The van der Waals surface area contributed by atoms with Crippen molar-refractivity contribution in [2.45, 2.75) is 9.37 Å². The van der Waals surface area contributed by atoms with E-state index in [1.54, 1.807) is 24.4 Å². The number of benzene rings is 2. The maximum atomic E-state index is 13.2. The van der Waals surface area contributed by atoms with Crippen LogP contribution in [-0.4, -0.2) is 31.4 Å². The van der Waals surface area contributed by atoms with Crippen molar-refractivity contribution in [1.29, 1.82) is 0 Å². The smallest absolute Gasteiger partial charge is 0.268 e. The Balaban J connectivity index is 1.48. The van der Waals surface area contributed by atoms with E-state index >= 15 is 0 Å². The number of thiazole rings is 1. The highest BCUT2D eigenvalue weighted by molar-refractivity contribution is 8.01. The highest BCUT2D eigenvalue weighted by Gasteiger charge is 2.16. The summed E-state index contributed by atoms with van der Waals surface area (Å²) < 4.78 is 3.09. The van der Waals surface area contributed by atoms with E-state index < -0.39 is 10.8 Å². The summed E-state index contributed by atoms with van der Waals surface area (Å²) in [5.74, 6) is -0.654. The highest BCUT2D eigenvalue weighted by atomic mass is 32.2. The van der Waals surface area contributed by atoms with Gasteiger partial charge in [0.15, 0.2) is 4.34 Å². The van der Waals surface area contributed by atoms with E-state index in [-0.39, 0.29) is 22.4 Å². The number of para-hydroxylation sites is 1. The Kier molecular flexibility index (Phi) is 6.04. The van der Waals surface area contributed by atoms with Crippen molar-refractivity contribution in [3.63, 3.8) is 0 Å². The summed E-state index contributed by atoms with van der Waals surface area (Å²) in [4.78, 5) is 45.2. The molecule has 0 bridgehead atoms. The molecule has 3 aromatic heterocycles. The summed E-state index contributed by atoms with van der Waals surface area (Å²) in [5.41, 5.74) is 3.26. The number of nitrogens with one attached hydrogen (secondary N) is 1. The molecule has 172 valence electrons. The number of non-ortho nitro benzene ring substituents is 1. The van der Waals surface area contributed by atoms with E-state index in [1.165, 1.54) is 51.9 Å². The molecule has 0 fully saturated rings. The molecule has 2 aromatic carbocycles. The molecule has 1 N–H and O–H groups in total. The molecule has 1 amide bonds. The first-order valence-corrected chi connectivity index (χ1v) is 11.8. The van der Waals surface area contributed by atoms with Crippen LogP contribution in [0.1, 0.15) is 15.9 Å². The van der Waals surface area contributed by atoms with Gasteiger partial charge in [-0.3, -0.25) is 24.1 Å². The van der Waals surface area contributed by atoms with Gasteiger partial charge in [0.2, 0.25) is 0 Å². The van der Waals surface area contributed by atoms with Crippen LogP contribution in [-0.2, 0) is 0 Å². The molecule has 0 aliphatic rings. The van der Waals surface area contributed by atoms with Gasteiger partial charge < -0.3 is 0 Å². The molecule has 35 heavy (non-hydrogen) atoms. The Bertz CT molecular complexity index is 1660. The van der Waals surface area contributed by atoms with Gasteiger partial charge in [0.05, 0.1) is 26.9 Å². The van der Waals surface area contributed by atoms with Gasteiger partial charge in [0.1, 0.15) is 10.7 Å². The Morgan fingerprint density at radius 1 is 1.11 bits per heavy atom. The zero-order chi connectivity index (χ0) is 24.4.